The van der Waals surface area contributed by atoms with Gasteiger partial charge in [0.15, 0.2) is 0 Å². The number of hydrogen-bond donors (Lipinski definition) is 2. The van der Waals surface area contributed by atoms with Gasteiger partial charge < -0.3 is 15.2 Å². The lowest BCUT2D eigenvalue weighted by atomic mass is 9.72. The van der Waals surface area contributed by atoms with Gasteiger partial charge in [0.1, 0.15) is 5.60 Å². The summed E-state index contributed by atoms with van der Waals surface area (Å²) in [5.74, 6) is 0. The number of ether oxygens (including phenoxy) is 1. The Morgan fingerprint density at radius 1 is 1.35 bits per heavy atom. The van der Waals surface area contributed by atoms with Gasteiger partial charge in [-0.05, 0) is 53.1 Å². The number of nitrogens with one attached hydrogen (secondary N) is 1. The highest BCUT2D eigenvalue weighted by atomic mass is 16.5. The fourth-order valence-corrected chi connectivity index (χ4v) is 2.23. The number of carbonyl (C=O) groups is 1. The third-order valence-corrected chi connectivity index (χ3v) is 3.40. The van der Waals surface area contributed by atoms with Crippen LogP contribution in [-0.4, -0.2) is 36.4 Å². The average Bonchev–Trinajstić information content (AvgIpc) is 2.38. The first-order valence-electron chi connectivity index (χ1n) is 7.05. The Balaban J connectivity index is 0.000000441. The van der Waals surface area contributed by atoms with Crippen LogP contribution < -0.4 is 5.32 Å². The zero-order valence-corrected chi connectivity index (χ0v) is 13.0. The average molecular weight is 283 g/mol. The number of rotatable bonds is 5. The number of allylic oxidation sites excluding steroid dienone is 1. The molecule has 0 bridgehead atoms. The van der Waals surface area contributed by atoms with Crippen molar-refractivity contribution in [3.63, 3.8) is 0 Å². The van der Waals surface area contributed by atoms with Gasteiger partial charge in [0.2, 0.25) is 0 Å². The summed E-state index contributed by atoms with van der Waals surface area (Å²) in [7, 11) is 0. The van der Waals surface area contributed by atoms with Crippen LogP contribution in [0.3, 0.4) is 0 Å². The zero-order valence-electron chi connectivity index (χ0n) is 13.0. The van der Waals surface area contributed by atoms with Crippen LogP contribution in [0, 0.1) is 5.41 Å². The van der Waals surface area contributed by atoms with Gasteiger partial charge in [0.05, 0.1) is 6.10 Å². The van der Waals surface area contributed by atoms with E-state index in [0.717, 1.165) is 32.4 Å². The van der Waals surface area contributed by atoms with Gasteiger partial charge in [-0.3, -0.25) is 4.79 Å². The van der Waals surface area contributed by atoms with E-state index in [1.165, 1.54) is 0 Å². The highest BCUT2D eigenvalue weighted by Crippen LogP contribution is 2.37. The van der Waals surface area contributed by atoms with Crippen molar-refractivity contribution in [2.75, 3.05) is 13.1 Å². The van der Waals surface area contributed by atoms with E-state index in [0.29, 0.717) is 6.47 Å². The summed E-state index contributed by atoms with van der Waals surface area (Å²) in [6.45, 7) is 15.3. The topological polar surface area (TPSA) is 58.6 Å². The lowest BCUT2D eigenvalue weighted by Crippen LogP contribution is -2.43. The van der Waals surface area contributed by atoms with Crippen LogP contribution in [0.5, 0.6) is 0 Å². The van der Waals surface area contributed by atoms with Gasteiger partial charge in [-0.25, -0.2) is 0 Å². The highest BCUT2D eigenvalue weighted by molar-refractivity contribution is 5.37. The maximum Gasteiger partial charge on any atom is 0.293 e. The number of hydrogen-bond acceptors (Lipinski definition) is 4. The number of aliphatic hydroxyl groups excluding tert-OH is 1. The lowest BCUT2D eigenvalue weighted by molar-refractivity contribution is -0.138. The van der Waals surface area contributed by atoms with Crippen LogP contribution in [0.2, 0.25) is 0 Å². The molecular weight excluding hydrogens is 254 g/mol. The lowest BCUT2D eigenvalue weighted by Gasteiger charge is -2.39. The van der Waals surface area contributed by atoms with Crippen molar-refractivity contribution < 1.29 is 14.6 Å². The third kappa shape index (κ3) is 6.87. The molecule has 0 aliphatic carbocycles. The molecular formula is C16H29NO3. The first-order valence-corrected chi connectivity index (χ1v) is 7.05. The van der Waals surface area contributed by atoms with Crippen molar-refractivity contribution in [1.82, 2.24) is 5.32 Å². The van der Waals surface area contributed by atoms with E-state index in [1.54, 1.807) is 6.08 Å². The molecule has 0 saturated carbocycles. The summed E-state index contributed by atoms with van der Waals surface area (Å²) in [5, 5.41) is 13.2. The molecule has 116 valence electrons. The van der Waals surface area contributed by atoms with Crippen molar-refractivity contribution in [3.05, 3.63) is 25.3 Å². The van der Waals surface area contributed by atoms with Gasteiger partial charge in [-0.2, -0.15) is 0 Å². The van der Waals surface area contributed by atoms with E-state index in [-0.39, 0.29) is 11.0 Å². The smallest absolute Gasteiger partial charge is 0.293 e. The van der Waals surface area contributed by atoms with Crippen LogP contribution in [0.15, 0.2) is 25.3 Å². The summed E-state index contributed by atoms with van der Waals surface area (Å²) < 4.78 is 4.55. The molecule has 1 atom stereocenters. The Morgan fingerprint density at radius 3 is 2.20 bits per heavy atom. The molecule has 0 spiro atoms. The number of aliphatic hydroxyl groups is 1. The molecule has 2 N–H and O–H groups in total. The predicted octanol–water partition coefficient (Wildman–Crippen LogP) is 2.44. The molecule has 0 aromatic carbocycles. The molecule has 0 aromatic heterocycles. The SMILES string of the molecule is C=CCC1(C(O)C=C)CCNCC1.CC(C)(C)OC=O. The summed E-state index contributed by atoms with van der Waals surface area (Å²) in [6, 6.07) is 0. The molecule has 0 aromatic rings. The van der Waals surface area contributed by atoms with Crippen molar-refractivity contribution in [2.24, 2.45) is 5.41 Å². The standard InChI is InChI=1S/C11H19NO.C5H10O2/c1-3-5-11(10(13)4-2)6-8-12-9-7-11;1-5(2,3)7-4-6/h3-4,10,12-13H,1-2,5-9H2;4H,1-3H3. The minimum atomic E-state index is -0.396. The first kappa shape index (κ1) is 18.9. The Labute approximate surface area is 122 Å². The van der Waals surface area contributed by atoms with Gasteiger partial charge in [0, 0.05) is 5.41 Å². The maximum absolute atomic E-state index is 9.87. The van der Waals surface area contributed by atoms with E-state index >= 15 is 0 Å². The fraction of sp³-hybridized carbons (Fsp3) is 0.688. The maximum atomic E-state index is 9.87. The molecule has 1 unspecified atom stereocenters. The van der Waals surface area contributed by atoms with Crippen LogP contribution >= 0.6 is 0 Å². The fourth-order valence-electron chi connectivity index (χ4n) is 2.23. The predicted molar refractivity (Wildman–Crippen MR) is 82.5 cm³/mol. The summed E-state index contributed by atoms with van der Waals surface area (Å²) >= 11 is 0. The molecule has 0 amide bonds. The van der Waals surface area contributed by atoms with E-state index in [4.69, 9.17) is 0 Å². The molecule has 1 aliphatic rings. The van der Waals surface area contributed by atoms with Crippen molar-refractivity contribution >= 4 is 6.47 Å². The molecule has 1 aliphatic heterocycles. The molecule has 1 rings (SSSR count). The Bertz CT molecular complexity index is 301. The highest BCUT2D eigenvalue weighted by Gasteiger charge is 2.36. The minimum absolute atomic E-state index is 0.00521. The van der Waals surface area contributed by atoms with E-state index < -0.39 is 6.10 Å². The van der Waals surface area contributed by atoms with E-state index in [2.05, 4.69) is 23.2 Å². The Hall–Kier alpha value is -1.13. The molecule has 0 radical (unpaired) electrons. The Kier molecular flexibility index (Phi) is 8.42. The monoisotopic (exact) mass is 283 g/mol. The third-order valence-electron chi connectivity index (χ3n) is 3.40. The minimum Gasteiger partial charge on any atom is -0.462 e. The number of carbonyl (C=O) groups excluding carboxylic acids is 1. The second-order valence-electron chi connectivity index (χ2n) is 6.11. The van der Waals surface area contributed by atoms with Crippen LogP contribution in [0.4, 0.5) is 0 Å². The zero-order chi connectivity index (χ0) is 15.6. The molecule has 4 heteroatoms. The second-order valence-corrected chi connectivity index (χ2v) is 6.11. The summed E-state index contributed by atoms with van der Waals surface area (Å²) in [5.41, 5.74) is -0.323. The van der Waals surface area contributed by atoms with Gasteiger partial charge in [0.25, 0.3) is 6.47 Å². The van der Waals surface area contributed by atoms with E-state index in [9.17, 15) is 9.90 Å². The van der Waals surface area contributed by atoms with Crippen molar-refractivity contribution in [2.45, 2.75) is 51.7 Å². The second kappa shape index (κ2) is 8.93. The normalized spacial score (nSPS) is 19.0. The van der Waals surface area contributed by atoms with Crippen molar-refractivity contribution in [3.8, 4) is 0 Å². The number of piperidine rings is 1. The molecule has 20 heavy (non-hydrogen) atoms. The van der Waals surface area contributed by atoms with Crippen LogP contribution in [-0.2, 0) is 9.53 Å². The largest absolute Gasteiger partial charge is 0.462 e. The molecule has 1 heterocycles. The summed E-state index contributed by atoms with van der Waals surface area (Å²) in [4.78, 5) is 9.60. The molecule has 4 nitrogen and oxygen atoms in total. The van der Waals surface area contributed by atoms with Gasteiger partial charge >= 0.3 is 0 Å². The van der Waals surface area contributed by atoms with Crippen LogP contribution in [0.25, 0.3) is 0 Å². The van der Waals surface area contributed by atoms with Crippen molar-refractivity contribution in [1.29, 1.82) is 0 Å². The quantitative estimate of drug-likeness (QED) is 0.601. The molecule has 1 saturated heterocycles. The van der Waals surface area contributed by atoms with E-state index in [1.807, 2.05) is 26.8 Å². The Morgan fingerprint density at radius 2 is 1.90 bits per heavy atom. The van der Waals surface area contributed by atoms with Gasteiger partial charge in [-0.1, -0.05) is 12.2 Å². The van der Waals surface area contributed by atoms with Crippen LogP contribution in [0.1, 0.15) is 40.0 Å². The molecule has 1 fully saturated rings. The first-order chi connectivity index (χ1) is 9.31. The summed E-state index contributed by atoms with van der Waals surface area (Å²) in [6.07, 6.45) is 6.04. The van der Waals surface area contributed by atoms with Gasteiger partial charge in [-0.15, -0.1) is 13.2 Å².